The van der Waals surface area contributed by atoms with Crippen LogP contribution in [0.3, 0.4) is 0 Å². The van der Waals surface area contributed by atoms with Crippen molar-refractivity contribution in [3.63, 3.8) is 0 Å². The Morgan fingerprint density at radius 1 is 1.17 bits per heavy atom. The molecule has 8 nitrogen and oxygen atoms in total. The highest BCUT2D eigenvalue weighted by molar-refractivity contribution is 5.95. The molecule has 1 heterocycles. The molecule has 0 unspecified atom stereocenters. The van der Waals surface area contributed by atoms with Crippen LogP contribution in [-0.2, 0) is 9.59 Å². The fraction of sp³-hybridized carbons (Fsp3) is 0.333. The van der Waals surface area contributed by atoms with E-state index < -0.39 is 6.04 Å². The van der Waals surface area contributed by atoms with Crippen molar-refractivity contribution in [2.24, 2.45) is 11.7 Å². The average Bonchev–Trinajstić information content (AvgIpc) is 3.07. The van der Waals surface area contributed by atoms with Gasteiger partial charge < -0.3 is 16.4 Å². The first-order chi connectivity index (χ1) is 11.0. The lowest BCUT2D eigenvalue weighted by Crippen LogP contribution is -2.46. The lowest BCUT2D eigenvalue weighted by atomic mass is 10.1. The van der Waals surface area contributed by atoms with Gasteiger partial charge in [-0.1, -0.05) is 13.8 Å². The number of hydrogen-bond donors (Lipinski definition) is 3. The summed E-state index contributed by atoms with van der Waals surface area (Å²) in [6, 6.07) is 6.41. The van der Waals surface area contributed by atoms with E-state index in [1.165, 1.54) is 4.80 Å². The van der Waals surface area contributed by atoms with Gasteiger partial charge in [-0.3, -0.25) is 9.59 Å². The number of carbonyl (C=O) groups is 2. The summed E-state index contributed by atoms with van der Waals surface area (Å²) in [6.45, 7) is 3.57. The molecular formula is C15H21ClN6O2. The second kappa shape index (κ2) is 8.99. The van der Waals surface area contributed by atoms with Crippen LogP contribution in [0.15, 0.2) is 36.7 Å². The Balaban J connectivity index is 0.00000288. The number of rotatable bonds is 6. The van der Waals surface area contributed by atoms with Crippen LogP contribution in [0.1, 0.15) is 13.8 Å². The second-order valence-corrected chi connectivity index (χ2v) is 5.40. The van der Waals surface area contributed by atoms with Crippen LogP contribution in [0.25, 0.3) is 5.69 Å². The predicted molar refractivity (Wildman–Crippen MR) is 93.1 cm³/mol. The normalized spacial score (nSPS) is 11.5. The molecule has 1 aromatic carbocycles. The van der Waals surface area contributed by atoms with Gasteiger partial charge in [0.2, 0.25) is 11.8 Å². The molecule has 2 amide bonds. The number of anilines is 1. The van der Waals surface area contributed by atoms with Crippen molar-refractivity contribution in [3.8, 4) is 5.69 Å². The van der Waals surface area contributed by atoms with Crippen molar-refractivity contribution in [1.82, 2.24) is 20.3 Å². The quantitative estimate of drug-likeness (QED) is 0.708. The zero-order valence-electron chi connectivity index (χ0n) is 13.5. The van der Waals surface area contributed by atoms with E-state index in [1.807, 2.05) is 13.8 Å². The summed E-state index contributed by atoms with van der Waals surface area (Å²) >= 11 is 0. The van der Waals surface area contributed by atoms with Crippen LogP contribution in [0.2, 0.25) is 0 Å². The van der Waals surface area contributed by atoms with E-state index in [2.05, 4.69) is 20.8 Å². The highest BCUT2D eigenvalue weighted by Crippen LogP contribution is 2.11. The van der Waals surface area contributed by atoms with Gasteiger partial charge in [-0.15, -0.1) is 12.4 Å². The van der Waals surface area contributed by atoms with Gasteiger partial charge in [0.1, 0.15) is 0 Å². The zero-order chi connectivity index (χ0) is 16.8. The van der Waals surface area contributed by atoms with Crippen LogP contribution in [-0.4, -0.2) is 39.4 Å². The Kier molecular flexibility index (Phi) is 7.34. The SMILES string of the molecule is CC(C)[C@H](N)C(=O)NCC(=O)Nc1ccc(-n2nccn2)cc1.Cl. The van der Waals surface area contributed by atoms with Gasteiger partial charge in [-0.2, -0.15) is 15.0 Å². The Labute approximate surface area is 146 Å². The minimum absolute atomic E-state index is 0. The van der Waals surface area contributed by atoms with Crippen LogP contribution in [0.5, 0.6) is 0 Å². The maximum Gasteiger partial charge on any atom is 0.243 e. The molecule has 0 aliphatic rings. The average molecular weight is 353 g/mol. The summed E-state index contributed by atoms with van der Waals surface area (Å²) in [5, 5.41) is 13.2. The monoisotopic (exact) mass is 352 g/mol. The molecule has 0 bridgehead atoms. The van der Waals surface area contributed by atoms with Crippen molar-refractivity contribution in [1.29, 1.82) is 0 Å². The number of hydrogen-bond acceptors (Lipinski definition) is 5. The van der Waals surface area contributed by atoms with E-state index in [4.69, 9.17) is 5.73 Å². The minimum Gasteiger partial charge on any atom is -0.346 e. The number of nitrogens with zero attached hydrogens (tertiary/aromatic N) is 3. The lowest BCUT2D eigenvalue weighted by Gasteiger charge is -2.15. The van der Waals surface area contributed by atoms with E-state index >= 15 is 0 Å². The van der Waals surface area contributed by atoms with E-state index in [1.54, 1.807) is 36.7 Å². The molecule has 0 aliphatic heterocycles. The van der Waals surface area contributed by atoms with Crippen molar-refractivity contribution in [2.75, 3.05) is 11.9 Å². The molecule has 0 radical (unpaired) electrons. The first kappa shape index (κ1) is 19.6. The molecule has 0 spiro atoms. The van der Waals surface area contributed by atoms with E-state index in [9.17, 15) is 9.59 Å². The maximum absolute atomic E-state index is 11.8. The van der Waals surface area contributed by atoms with Gasteiger partial charge in [0.25, 0.3) is 0 Å². The second-order valence-electron chi connectivity index (χ2n) is 5.40. The lowest BCUT2D eigenvalue weighted by molar-refractivity contribution is -0.125. The number of amides is 2. The first-order valence-electron chi connectivity index (χ1n) is 7.27. The zero-order valence-corrected chi connectivity index (χ0v) is 14.3. The molecule has 0 saturated carbocycles. The Bertz CT molecular complexity index is 657. The van der Waals surface area contributed by atoms with Crippen molar-refractivity contribution in [3.05, 3.63) is 36.7 Å². The smallest absolute Gasteiger partial charge is 0.243 e. The van der Waals surface area contributed by atoms with Gasteiger partial charge in [0.05, 0.1) is 30.7 Å². The predicted octanol–water partition coefficient (Wildman–Crippen LogP) is 0.727. The molecule has 0 saturated heterocycles. The molecule has 1 aromatic heterocycles. The summed E-state index contributed by atoms with van der Waals surface area (Å²) in [6.07, 6.45) is 3.17. The maximum atomic E-state index is 11.8. The van der Waals surface area contributed by atoms with Crippen molar-refractivity contribution >= 4 is 29.9 Å². The van der Waals surface area contributed by atoms with Gasteiger partial charge in [-0.05, 0) is 30.2 Å². The fourth-order valence-electron chi connectivity index (χ4n) is 1.82. The number of halogens is 1. The molecule has 2 rings (SSSR count). The fourth-order valence-corrected chi connectivity index (χ4v) is 1.82. The standard InChI is InChI=1S/C15H20N6O2.ClH/c1-10(2)14(16)15(23)17-9-13(22)20-11-3-5-12(6-4-11)21-18-7-8-19-21;/h3-8,10,14H,9,16H2,1-2H3,(H,17,23)(H,20,22);1H/t14-;/m0./s1. The van der Waals surface area contributed by atoms with Gasteiger partial charge in [-0.25, -0.2) is 0 Å². The summed E-state index contributed by atoms with van der Waals surface area (Å²) in [7, 11) is 0. The third kappa shape index (κ3) is 5.32. The number of carbonyl (C=O) groups excluding carboxylic acids is 2. The highest BCUT2D eigenvalue weighted by Gasteiger charge is 2.17. The highest BCUT2D eigenvalue weighted by atomic mass is 35.5. The van der Waals surface area contributed by atoms with Gasteiger partial charge in [0.15, 0.2) is 0 Å². The van der Waals surface area contributed by atoms with Gasteiger partial charge in [0, 0.05) is 5.69 Å². The summed E-state index contributed by atoms with van der Waals surface area (Å²) in [5.41, 5.74) is 7.10. The first-order valence-corrected chi connectivity index (χ1v) is 7.27. The molecule has 4 N–H and O–H groups in total. The molecular weight excluding hydrogens is 332 g/mol. The van der Waals surface area contributed by atoms with Crippen LogP contribution < -0.4 is 16.4 Å². The Morgan fingerprint density at radius 3 is 2.29 bits per heavy atom. The molecule has 2 aromatic rings. The Morgan fingerprint density at radius 2 is 1.75 bits per heavy atom. The van der Waals surface area contributed by atoms with E-state index in [-0.39, 0.29) is 36.7 Å². The molecule has 130 valence electrons. The molecule has 1 atom stereocenters. The van der Waals surface area contributed by atoms with E-state index in [0.29, 0.717) is 5.69 Å². The summed E-state index contributed by atoms with van der Waals surface area (Å²) in [5.74, 6) is -0.643. The molecule has 0 aliphatic carbocycles. The van der Waals surface area contributed by atoms with Crippen molar-refractivity contribution in [2.45, 2.75) is 19.9 Å². The Hall–Kier alpha value is -2.45. The third-order valence-corrected chi connectivity index (χ3v) is 3.24. The van der Waals surface area contributed by atoms with Crippen molar-refractivity contribution < 1.29 is 9.59 Å². The minimum atomic E-state index is -0.622. The number of nitrogens with one attached hydrogen (secondary N) is 2. The third-order valence-electron chi connectivity index (χ3n) is 3.24. The topological polar surface area (TPSA) is 115 Å². The molecule has 0 fully saturated rings. The largest absolute Gasteiger partial charge is 0.346 e. The molecule has 9 heteroatoms. The van der Waals surface area contributed by atoms with Crippen LogP contribution >= 0.6 is 12.4 Å². The number of aromatic nitrogens is 3. The van der Waals surface area contributed by atoms with E-state index in [0.717, 1.165) is 5.69 Å². The number of nitrogens with two attached hydrogens (primary N) is 1. The molecule has 24 heavy (non-hydrogen) atoms. The summed E-state index contributed by atoms with van der Waals surface area (Å²) < 4.78 is 0. The van der Waals surface area contributed by atoms with Crippen LogP contribution in [0.4, 0.5) is 5.69 Å². The number of benzene rings is 1. The van der Waals surface area contributed by atoms with Crippen LogP contribution in [0, 0.1) is 5.92 Å². The summed E-state index contributed by atoms with van der Waals surface area (Å²) in [4.78, 5) is 25.0. The van der Waals surface area contributed by atoms with Gasteiger partial charge >= 0.3 is 0 Å².